The van der Waals surface area contributed by atoms with E-state index in [0.717, 1.165) is 17.3 Å². The molecule has 5 heteroatoms. The van der Waals surface area contributed by atoms with Gasteiger partial charge < -0.3 is 0 Å². The predicted octanol–water partition coefficient (Wildman–Crippen LogP) is 2.90. The molecule has 4 nitrogen and oxygen atoms in total. The fourth-order valence-electron chi connectivity index (χ4n) is 3.17. The van der Waals surface area contributed by atoms with Crippen LogP contribution in [0.25, 0.3) is 10.9 Å². The Kier molecular flexibility index (Phi) is 3.71. The number of pyridine rings is 1. The minimum atomic E-state index is -3.41. The molecule has 0 radical (unpaired) electrons. The smallest absolute Gasteiger partial charge is 0.243 e. The summed E-state index contributed by atoms with van der Waals surface area (Å²) in [6.07, 6.45) is 2.80. The van der Waals surface area contributed by atoms with Gasteiger partial charge in [-0.25, -0.2) is 8.42 Å². The van der Waals surface area contributed by atoms with Crippen molar-refractivity contribution in [2.75, 3.05) is 13.1 Å². The molecule has 0 aliphatic carbocycles. The lowest BCUT2D eigenvalue weighted by Crippen LogP contribution is -2.42. The molecule has 2 unspecified atom stereocenters. The summed E-state index contributed by atoms with van der Waals surface area (Å²) in [6.45, 7) is 5.44. The van der Waals surface area contributed by atoms with Crippen molar-refractivity contribution in [3.05, 3.63) is 36.5 Å². The fourth-order valence-corrected chi connectivity index (χ4v) is 4.88. The van der Waals surface area contributed by atoms with Crippen LogP contribution in [0.4, 0.5) is 0 Å². The summed E-state index contributed by atoms with van der Waals surface area (Å²) in [5, 5.41) is 0.858. The number of fused-ring (bicyclic) bond motifs is 1. The molecule has 2 aromatic rings. The molecule has 1 aromatic heterocycles. The fraction of sp³-hybridized carbons (Fsp3) is 0.438. The first kappa shape index (κ1) is 14.5. The van der Waals surface area contributed by atoms with Crippen LogP contribution in [0, 0.1) is 11.8 Å². The van der Waals surface area contributed by atoms with Gasteiger partial charge in [0.1, 0.15) is 0 Å². The van der Waals surface area contributed by atoms with Crippen LogP contribution in [0.5, 0.6) is 0 Å². The standard InChI is InChI=1S/C16H20N2O2S/c1-12-8-13(2)11-18(10-12)21(19,20)15-5-6-16-14(9-15)4-3-7-17-16/h3-7,9,12-13H,8,10-11H2,1-2H3. The predicted molar refractivity (Wildman–Crippen MR) is 83.4 cm³/mol. The van der Waals surface area contributed by atoms with Crippen molar-refractivity contribution in [1.82, 2.24) is 9.29 Å². The minimum Gasteiger partial charge on any atom is -0.256 e. The van der Waals surface area contributed by atoms with Crippen LogP contribution >= 0.6 is 0 Å². The van der Waals surface area contributed by atoms with E-state index < -0.39 is 10.0 Å². The van der Waals surface area contributed by atoms with Gasteiger partial charge in [0.25, 0.3) is 0 Å². The van der Waals surface area contributed by atoms with Crippen molar-refractivity contribution < 1.29 is 8.42 Å². The summed E-state index contributed by atoms with van der Waals surface area (Å²) >= 11 is 0. The second kappa shape index (κ2) is 5.39. The van der Waals surface area contributed by atoms with E-state index in [1.54, 1.807) is 28.7 Å². The highest BCUT2D eigenvalue weighted by Gasteiger charge is 2.31. The van der Waals surface area contributed by atoms with Gasteiger partial charge in [-0.05, 0) is 42.5 Å². The van der Waals surface area contributed by atoms with Crippen molar-refractivity contribution in [3.8, 4) is 0 Å². The van der Waals surface area contributed by atoms with Crippen LogP contribution in [0.2, 0.25) is 0 Å². The van der Waals surface area contributed by atoms with E-state index in [9.17, 15) is 8.42 Å². The number of nitrogens with zero attached hydrogens (tertiary/aromatic N) is 2. The Morgan fingerprint density at radius 3 is 2.57 bits per heavy atom. The molecule has 112 valence electrons. The summed E-state index contributed by atoms with van der Waals surface area (Å²) in [6, 6.07) is 8.88. The lowest BCUT2D eigenvalue weighted by atomic mass is 9.94. The highest BCUT2D eigenvalue weighted by molar-refractivity contribution is 7.89. The Balaban J connectivity index is 1.99. The van der Waals surface area contributed by atoms with E-state index in [2.05, 4.69) is 18.8 Å². The highest BCUT2D eigenvalue weighted by Crippen LogP contribution is 2.27. The van der Waals surface area contributed by atoms with Gasteiger partial charge >= 0.3 is 0 Å². The van der Waals surface area contributed by atoms with Crippen LogP contribution in [-0.4, -0.2) is 30.8 Å². The van der Waals surface area contributed by atoms with Gasteiger partial charge in [0.05, 0.1) is 10.4 Å². The van der Waals surface area contributed by atoms with E-state index in [-0.39, 0.29) is 0 Å². The topological polar surface area (TPSA) is 50.3 Å². The SMILES string of the molecule is CC1CC(C)CN(S(=O)(=O)c2ccc3ncccc3c2)C1. The molecule has 0 amide bonds. The molecule has 0 spiro atoms. The minimum absolute atomic E-state index is 0.365. The lowest BCUT2D eigenvalue weighted by Gasteiger charge is -2.34. The molecule has 3 rings (SSSR count). The number of rotatable bonds is 2. The molecule has 1 aromatic carbocycles. The molecule has 0 bridgehead atoms. The molecule has 0 N–H and O–H groups in total. The number of hydrogen-bond donors (Lipinski definition) is 0. The summed E-state index contributed by atoms with van der Waals surface area (Å²) in [5.74, 6) is 0.816. The van der Waals surface area contributed by atoms with Crippen LogP contribution in [0.3, 0.4) is 0 Å². The Morgan fingerprint density at radius 2 is 1.86 bits per heavy atom. The molecule has 1 aliphatic rings. The zero-order valence-corrected chi connectivity index (χ0v) is 13.2. The van der Waals surface area contributed by atoms with Gasteiger partial charge in [0.15, 0.2) is 0 Å². The third-order valence-corrected chi connectivity index (χ3v) is 5.88. The van der Waals surface area contributed by atoms with E-state index in [1.807, 2.05) is 12.1 Å². The van der Waals surface area contributed by atoms with Crippen molar-refractivity contribution in [2.24, 2.45) is 11.8 Å². The maximum absolute atomic E-state index is 12.8. The quantitative estimate of drug-likeness (QED) is 0.857. The molecule has 21 heavy (non-hydrogen) atoms. The van der Waals surface area contributed by atoms with E-state index >= 15 is 0 Å². The Hall–Kier alpha value is -1.46. The van der Waals surface area contributed by atoms with Crippen LogP contribution < -0.4 is 0 Å². The average Bonchev–Trinajstić information content (AvgIpc) is 2.45. The van der Waals surface area contributed by atoms with Gasteiger partial charge in [0.2, 0.25) is 10.0 Å². The molecule has 2 atom stereocenters. The second-order valence-corrected chi connectivity index (χ2v) is 8.06. The van der Waals surface area contributed by atoms with Gasteiger partial charge in [-0.15, -0.1) is 0 Å². The first-order valence-electron chi connectivity index (χ1n) is 7.32. The second-order valence-electron chi connectivity index (χ2n) is 6.13. The number of hydrogen-bond acceptors (Lipinski definition) is 3. The highest BCUT2D eigenvalue weighted by atomic mass is 32.2. The van der Waals surface area contributed by atoms with E-state index in [0.29, 0.717) is 29.8 Å². The number of aromatic nitrogens is 1. The number of benzene rings is 1. The zero-order valence-electron chi connectivity index (χ0n) is 12.4. The van der Waals surface area contributed by atoms with Crippen molar-refractivity contribution in [3.63, 3.8) is 0 Å². The largest absolute Gasteiger partial charge is 0.256 e. The lowest BCUT2D eigenvalue weighted by molar-refractivity contribution is 0.222. The molecule has 2 heterocycles. The number of sulfonamides is 1. The Labute approximate surface area is 125 Å². The molecular weight excluding hydrogens is 284 g/mol. The monoisotopic (exact) mass is 304 g/mol. The van der Waals surface area contributed by atoms with Crippen LogP contribution in [0.1, 0.15) is 20.3 Å². The van der Waals surface area contributed by atoms with Gasteiger partial charge in [0, 0.05) is 24.7 Å². The normalized spacial score (nSPS) is 24.3. The third-order valence-electron chi connectivity index (χ3n) is 4.05. The van der Waals surface area contributed by atoms with Gasteiger partial charge in [-0.1, -0.05) is 19.9 Å². The van der Waals surface area contributed by atoms with Crippen molar-refractivity contribution >= 4 is 20.9 Å². The van der Waals surface area contributed by atoms with Crippen molar-refractivity contribution in [1.29, 1.82) is 0 Å². The van der Waals surface area contributed by atoms with E-state index in [1.165, 1.54) is 0 Å². The Morgan fingerprint density at radius 1 is 1.14 bits per heavy atom. The van der Waals surface area contributed by atoms with Gasteiger partial charge in [-0.3, -0.25) is 4.98 Å². The average molecular weight is 304 g/mol. The summed E-state index contributed by atoms with van der Waals surface area (Å²) < 4.78 is 27.3. The maximum atomic E-state index is 12.8. The number of piperidine rings is 1. The Bertz CT molecular complexity index is 748. The van der Waals surface area contributed by atoms with Crippen LogP contribution in [-0.2, 0) is 10.0 Å². The zero-order chi connectivity index (χ0) is 15.0. The first-order valence-corrected chi connectivity index (χ1v) is 8.76. The summed E-state index contributed by atoms with van der Waals surface area (Å²) in [5.41, 5.74) is 0.817. The first-order chi connectivity index (χ1) is 9.96. The molecule has 1 saturated heterocycles. The molecule has 0 saturated carbocycles. The van der Waals surface area contributed by atoms with Crippen LogP contribution in [0.15, 0.2) is 41.4 Å². The maximum Gasteiger partial charge on any atom is 0.243 e. The molecular formula is C16H20N2O2S. The van der Waals surface area contributed by atoms with E-state index in [4.69, 9.17) is 0 Å². The summed E-state index contributed by atoms with van der Waals surface area (Å²) in [4.78, 5) is 4.60. The molecule has 1 fully saturated rings. The van der Waals surface area contributed by atoms with Gasteiger partial charge in [-0.2, -0.15) is 4.31 Å². The van der Waals surface area contributed by atoms with Crippen molar-refractivity contribution in [2.45, 2.75) is 25.2 Å². The third kappa shape index (κ3) is 2.80. The molecule has 1 aliphatic heterocycles. The summed E-state index contributed by atoms with van der Waals surface area (Å²) in [7, 11) is -3.41.